The number of pyridine rings is 1. The predicted molar refractivity (Wildman–Crippen MR) is 52.2 cm³/mol. The molecule has 1 rings (SSSR count). The van der Waals surface area contributed by atoms with E-state index in [9.17, 15) is 4.79 Å². The molecule has 1 unspecified atom stereocenters. The molecule has 0 saturated heterocycles. The number of aromatic carboxylic acids is 1. The van der Waals surface area contributed by atoms with Gasteiger partial charge in [-0.3, -0.25) is 0 Å². The first-order chi connectivity index (χ1) is 6.56. The van der Waals surface area contributed by atoms with Gasteiger partial charge < -0.3 is 16.6 Å². The first-order valence-corrected chi connectivity index (χ1v) is 4.28. The van der Waals surface area contributed by atoms with Crippen LogP contribution in [0.25, 0.3) is 0 Å². The normalized spacial score (nSPS) is 12.5. The molecule has 76 valence electrons. The summed E-state index contributed by atoms with van der Waals surface area (Å²) in [5.41, 5.74) is 11.4. The molecule has 14 heavy (non-hydrogen) atoms. The Morgan fingerprint density at radius 2 is 2.36 bits per heavy atom. The van der Waals surface area contributed by atoms with Gasteiger partial charge in [0.15, 0.2) is 5.69 Å². The maximum absolute atomic E-state index is 10.6. The fourth-order valence-electron chi connectivity index (χ4n) is 0.949. The summed E-state index contributed by atoms with van der Waals surface area (Å²) in [5.74, 6) is -1.16. The number of nitrogens with two attached hydrogens (primary N) is 2. The molecule has 0 saturated carbocycles. The van der Waals surface area contributed by atoms with Gasteiger partial charge in [0.1, 0.15) is 0 Å². The highest BCUT2D eigenvalue weighted by atomic mass is 35.5. The lowest BCUT2D eigenvalue weighted by Crippen LogP contribution is -2.21. The summed E-state index contributed by atoms with van der Waals surface area (Å²) in [7, 11) is 0. The van der Waals surface area contributed by atoms with Crippen LogP contribution in [0, 0.1) is 0 Å². The lowest BCUT2D eigenvalue weighted by molar-refractivity contribution is 0.0690. The van der Waals surface area contributed by atoms with Gasteiger partial charge in [0.05, 0.1) is 5.02 Å². The molecule has 0 aliphatic rings. The number of nitrogens with zero attached hydrogens (tertiary/aromatic N) is 1. The second kappa shape index (κ2) is 4.36. The molecule has 0 amide bonds. The fourth-order valence-corrected chi connectivity index (χ4v) is 1.20. The monoisotopic (exact) mass is 215 g/mol. The first kappa shape index (κ1) is 10.9. The van der Waals surface area contributed by atoms with E-state index in [0.29, 0.717) is 5.56 Å². The van der Waals surface area contributed by atoms with Crippen LogP contribution in [0.4, 0.5) is 0 Å². The number of carboxylic acids is 1. The van der Waals surface area contributed by atoms with Crippen LogP contribution in [0.5, 0.6) is 0 Å². The van der Waals surface area contributed by atoms with Crippen LogP contribution in [0.2, 0.25) is 5.02 Å². The molecule has 0 radical (unpaired) electrons. The van der Waals surface area contributed by atoms with E-state index in [2.05, 4.69) is 4.98 Å². The third kappa shape index (κ3) is 2.20. The number of aromatic nitrogens is 1. The van der Waals surface area contributed by atoms with Gasteiger partial charge in [0.25, 0.3) is 0 Å². The lowest BCUT2D eigenvalue weighted by atomic mass is 10.1. The summed E-state index contributed by atoms with van der Waals surface area (Å²) >= 11 is 5.69. The van der Waals surface area contributed by atoms with Gasteiger partial charge in [0, 0.05) is 18.8 Å². The zero-order valence-corrected chi connectivity index (χ0v) is 8.03. The first-order valence-electron chi connectivity index (χ1n) is 3.90. The Balaban J connectivity index is 3.06. The highest BCUT2D eigenvalue weighted by Gasteiger charge is 2.12. The Morgan fingerprint density at radius 1 is 1.71 bits per heavy atom. The summed E-state index contributed by atoms with van der Waals surface area (Å²) in [5, 5.41) is 8.72. The molecular formula is C8H10ClN3O2. The van der Waals surface area contributed by atoms with E-state index in [1.165, 1.54) is 12.3 Å². The Hall–Kier alpha value is -1.17. The summed E-state index contributed by atoms with van der Waals surface area (Å²) in [6.07, 6.45) is 1.37. The Bertz CT molecular complexity index is 356. The third-order valence-corrected chi connectivity index (χ3v) is 2.04. The summed E-state index contributed by atoms with van der Waals surface area (Å²) < 4.78 is 0. The topological polar surface area (TPSA) is 102 Å². The van der Waals surface area contributed by atoms with E-state index in [4.69, 9.17) is 28.2 Å². The molecule has 5 N–H and O–H groups in total. The standard InChI is InChI=1S/C8H10ClN3O2/c9-5-1-4(6(11)2-10)3-12-7(5)8(13)14/h1,3,6H,2,10-11H2,(H,13,14). The number of halogens is 1. The molecule has 6 heteroatoms. The predicted octanol–water partition coefficient (Wildman–Crippen LogP) is 0.392. The van der Waals surface area contributed by atoms with Gasteiger partial charge >= 0.3 is 5.97 Å². The van der Waals surface area contributed by atoms with Crippen LogP contribution >= 0.6 is 11.6 Å². The average Bonchev–Trinajstić information content (AvgIpc) is 2.15. The van der Waals surface area contributed by atoms with Gasteiger partial charge in [-0.1, -0.05) is 11.6 Å². The van der Waals surface area contributed by atoms with E-state index in [1.54, 1.807) is 0 Å². The van der Waals surface area contributed by atoms with E-state index < -0.39 is 5.97 Å². The maximum atomic E-state index is 10.6. The van der Waals surface area contributed by atoms with Gasteiger partial charge in [-0.05, 0) is 11.6 Å². The SMILES string of the molecule is NCC(N)c1cnc(C(=O)O)c(Cl)c1. The molecule has 0 aromatic carbocycles. The molecule has 1 aromatic rings. The minimum atomic E-state index is -1.16. The summed E-state index contributed by atoms with van der Waals surface area (Å²) in [4.78, 5) is 14.2. The number of carbonyl (C=O) groups is 1. The molecule has 0 bridgehead atoms. The lowest BCUT2D eigenvalue weighted by Gasteiger charge is -2.09. The van der Waals surface area contributed by atoms with Crippen molar-refractivity contribution in [1.82, 2.24) is 4.98 Å². The summed E-state index contributed by atoms with van der Waals surface area (Å²) in [6, 6.07) is 1.10. The average molecular weight is 216 g/mol. The van der Waals surface area contributed by atoms with E-state index in [1.807, 2.05) is 0 Å². The third-order valence-electron chi connectivity index (χ3n) is 1.75. The molecule has 1 atom stereocenters. The van der Waals surface area contributed by atoms with Crippen LogP contribution in [-0.2, 0) is 0 Å². The van der Waals surface area contributed by atoms with E-state index >= 15 is 0 Å². The van der Waals surface area contributed by atoms with Crippen LogP contribution in [-0.4, -0.2) is 22.6 Å². The Kier molecular flexibility index (Phi) is 3.40. The van der Waals surface area contributed by atoms with E-state index in [-0.39, 0.29) is 23.3 Å². The smallest absolute Gasteiger partial charge is 0.356 e. The van der Waals surface area contributed by atoms with Crippen molar-refractivity contribution in [2.75, 3.05) is 6.54 Å². The fraction of sp³-hybridized carbons (Fsp3) is 0.250. The largest absolute Gasteiger partial charge is 0.476 e. The zero-order valence-electron chi connectivity index (χ0n) is 7.27. The van der Waals surface area contributed by atoms with Crippen molar-refractivity contribution in [3.8, 4) is 0 Å². The number of carboxylic acid groups (broad SMARTS) is 1. The van der Waals surface area contributed by atoms with Gasteiger partial charge in [-0.15, -0.1) is 0 Å². The Labute approximate surface area is 85.7 Å². The Morgan fingerprint density at radius 3 is 2.79 bits per heavy atom. The highest BCUT2D eigenvalue weighted by molar-refractivity contribution is 6.33. The van der Waals surface area contributed by atoms with Crippen molar-refractivity contribution in [1.29, 1.82) is 0 Å². The van der Waals surface area contributed by atoms with Crippen LogP contribution in [0.1, 0.15) is 22.1 Å². The second-order valence-corrected chi connectivity index (χ2v) is 3.15. The zero-order chi connectivity index (χ0) is 10.7. The van der Waals surface area contributed by atoms with Gasteiger partial charge in [-0.25, -0.2) is 9.78 Å². The molecular weight excluding hydrogens is 206 g/mol. The highest BCUT2D eigenvalue weighted by Crippen LogP contribution is 2.18. The molecule has 5 nitrogen and oxygen atoms in total. The summed E-state index contributed by atoms with van der Waals surface area (Å²) in [6.45, 7) is 0.254. The van der Waals surface area contributed by atoms with Crippen LogP contribution in [0.3, 0.4) is 0 Å². The minimum absolute atomic E-state index is 0.0684. The molecule has 1 aromatic heterocycles. The molecule has 1 heterocycles. The van der Waals surface area contributed by atoms with Gasteiger partial charge in [-0.2, -0.15) is 0 Å². The van der Waals surface area contributed by atoms with Crippen molar-refractivity contribution in [2.45, 2.75) is 6.04 Å². The second-order valence-electron chi connectivity index (χ2n) is 2.75. The number of hydrogen-bond acceptors (Lipinski definition) is 4. The van der Waals surface area contributed by atoms with Crippen molar-refractivity contribution in [3.05, 3.63) is 28.5 Å². The number of hydrogen-bond donors (Lipinski definition) is 3. The quantitative estimate of drug-likeness (QED) is 0.677. The molecule has 0 fully saturated rings. The molecule has 0 spiro atoms. The van der Waals surface area contributed by atoms with E-state index in [0.717, 1.165) is 0 Å². The minimum Gasteiger partial charge on any atom is -0.476 e. The van der Waals surface area contributed by atoms with Crippen molar-refractivity contribution >= 4 is 17.6 Å². The van der Waals surface area contributed by atoms with Crippen LogP contribution < -0.4 is 11.5 Å². The van der Waals surface area contributed by atoms with Gasteiger partial charge in [0.2, 0.25) is 0 Å². The maximum Gasteiger partial charge on any atom is 0.356 e. The molecule has 0 aliphatic heterocycles. The van der Waals surface area contributed by atoms with Crippen molar-refractivity contribution in [3.63, 3.8) is 0 Å². The number of rotatable bonds is 3. The molecule has 0 aliphatic carbocycles. The van der Waals surface area contributed by atoms with Crippen molar-refractivity contribution < 1.29 is 9.90 Å². The van der Waals surface area contributed by atoms with Crippen molar-refractivity contribution in [2.24, 2.45) is 11.5 Å². The van der Waals surface area contributed by atoms with Crippen LogP contribution in [0.15, 0.2) is 12.3 Å².